The lowest BCUT2D eigenvalue weighted by atomic mass is 10.1. The average molecular weight is 259 g/mol. The fraction of sp³-hybridized carbons (Fsp3) is 0.417. The molecule has 0 spiro atoms. The number of carbonyl (C=O) groups excluding carboxylic acids is 1. The first-order chi connectivity index (χ1) is 7.67. The lowest BCUT2D eigenvalue weighted by molar-refractivity contribution is -0.130. The Labute approximate surface area is 108 Å². The largest absolute Gasteiger partial charge is 0.370 e. The van der Waals surface area contributed by atoms with Crippen LogP contribution in [0.2, 0.25) is 0 Å². The molecule has 0 bridgehead atoms. The quantitative estimate of drug-likeness (QED) is 0.828. The van der Waals surface area contributed by atoms with Gasteiger partial charge in [-0.3, -0.25) is 4.79 Å². The Morgan fingerprint density at radius 1 is 1.41 bits per heavy atom. The predicted molar refractivity (Wildman–Crippen MR) is 70.1 cm³/mol. The van der Waals surface area contributed by atoms with Gasteiger partial charge in [-0.05, 0) is 12.5 Å². The first kappa shape index (κ1) is 15.9. The highest BCUT2D eigenvalue weighted by Crippen LogP contribution is 2.02. The molecule has 5 heteroatoms. The van der Waals surface area contributed by atoms with E-state index < -0.39 is 6.10 Å². The lowest BCUT2D eigenvalue weighted by Crippen LogP contribution is -2.40. The van der Waals surface area contributed by atoms with Gasteiger partial charge in [-0.25, -0.2) is 0 Å². The molecule has 4 nitrogen and oxygen atoms in total. The van der Waals surface area contributed by atoms with E-state index in [1.54, 1.807) is 0 Å². The second-order valence-electron chi connectivity index (χ2n) is 3.66. The number of amides is 1. The Hall–Kier alpha value is -1.10. The van der Waals surface area contributed by atoms with Crippen LogP contribution in [0.4, 0.5) is 0 Å². The Morgan fingerprint density at radius 3 is 2.47 bits per heavy atom. The number of methoxy groups -OCH3 is 1. The van der Waals surface area contributed by atoms with Gasteiger partial charge in [0.1, 0.15) is 6.10 Å². The predicted octanol–water partition coefficient (Wildman–Crippen LogP) is 1.01. The maximum atomic E-state index is 11.5. The molecule has 0 saturated carbocycles. The third-order valence-electron chi connectivity index (χ3n) is 2.38. The summed E-state index contributed by atoms with van der Waals surface area (Å²) in [5.41, 5.74) is 7.65. The van der Waals surface area contributed by atoms with E-state index in [1.807, 2.05) is 31.2 Å². The number of ether oxygens (including phenoxy) is 1. The number of carbonyl (C=O) groups is 1. The molecule has 0 heterocycles. The lowest BCUT2D eigenvalue weighted by Gasteiger charge is -2.13. The number of hydrogen-bond donors (Lipinski definition) is 2. The second kappa shape index (κ2) is 8.06. The molecule has 3 N–H and O–H groups in total. The summed E-state index contributed by atoms with van der Waals surface area (Å²) in [5.74, 6) is -0.175. The van der Waals surface area contributed by atoms with Crippen LogP contribution in [0.3, 0.4) is 0 Å². The minimum atomic E-state index is -0.564. The van der Waals surface area contributed by atoms with Crippen molar-refractivity contribution in [2.75, 3.05) is 13.7 Å². The van der Waals surface area contributed by atoms with Crippen LogP contribution >= 0.6 is 12.4 Å². The summed E-state index contributed by atoms with van der Waals surface area (Å²) < 4.78 is 4.93. The van der Waals surface area contributed by atoms with E-state index in [0.29, 0.717) is 6.54 Å². The zero-order chi connectivity index (χ0) is 12.0. The van der Waals surface area contributed by atoms with Crippen LogP contribution in [-0.4, -0.2) is 25.7 Å². The summed E-state index contributed by atoms with van der Waals surface area (Å²) >= 11 is 0. The molecule has 0 saturated heterocycles. The third kappa shape index (κ3) is 5.17. The highest BCUT2D eigenvalue weighted by molar-refractivity contribution is 5.85. The first-order valence-electron chi connectivity index (χ1n) is 5.23. The van der Waals surface area contributed by atoms with E-state index in [-0.39, 0.29) is 24.9 Å². The minimum absolute atomic E-state index is 0. The fourth-order valence-corrected chi connectivity index (χ4v) is 1.32. The SMILES string of the molecule is COC(CN)C(=O)NCc1ccc(C)cc1.Cl. The number of nitrogens with two attached hydrogens (primary N) is 1. The molecule has 1 rings (SSSR count). The molecule has 96 valence electrons. The van der Waals surface area contributed by atoms with Gasteiger partial charge in [0.25, 0.3) is 5.91 Å². The molecule has 1 aromatic carbocycles. The van der Waals surface area contributed by atoms with Gasteiger partial charge in [0.15, 0.2) is 0 Å². The van der Waals surface area contributed by atoms with Crippen molar-refractivity contribution in [3.05, 3.63) is 35.4 Å². The van der Waals surface area contributed by atoms with Crippen LogP contribution in [0.25, 0.3) is 0 Å². The van der Waals surface area contributed by atoms with Crippen molar-refractivity contribution in [1.82, 2.24) is 5.32 Å². The highest BCUT2D eigenvalue weighted by atomic mass is 35.5. The molecule has 0 aliphatic carbocycles. The second-order valence-corrected chi connectivity index (χ2v) is 3.66. The summed E-state index contributed by atoms with van der Waals surface area (Å²) in [6, 6.07) is 8.00. The molecule has 0 aliphatic rings. The fourth-order valence-electron chi connectivity index (χ4n) is 1.32. The van der Waals surface area contributed by atoms with Crippen molar-refractivity contribution < 1.29 is 9.53 Å². The maximum Gasteiger partial charge on any atom is 0.250 e. The van der Waals surface area contributed by atoms with E-state index in [4.69, 9.17) is 10.5 Å². The van der Waals surface area contributed by atoms with Gasteiger partial charge in [-0.2, -0.15) is 0 Å². The first-order valence-corrected chi connectivity index (χ1v) is 5.23. The molecule has 17 heavy (non-hydrogen) atoms. The number of nitrogens with one attached hydrogen (secondary N) is 1. The third-order valence-corrected chi connectivity index (χ3v) is 2.38. The van der Waals surface area contributed by atoms with Crippen LogP contribution in [0.1, 0.15) is 11.1 Å². The summed E-state index contributed by atoms with van der Waals surface area (Å²) in [7, 11) is 1.48. The molecule has 0 aliphatic heterocycles. The van der Waals surface area contributed by atoms with Crippen LogP contribution < -0.4 is 11.1 Å². The van der Waals surface area contributed by atoms with Crippen molar-refractivity contribution in [3.8, 4) is 0 Å². The standard InChI is InChI=1S/C12H18N2O2.ClH/c1-9-3-5-10(6-4-9)8-14-12(15)11(7-13)16-2;/h3-6,11H,7-8,13H2,1-2H3,(H,14,15);1H. The molecule has 1 atom stereocenters. The number of halogens is 1. The van der Waals surface area contributed by atoms with Crippen molar-refractivity contribution in [2.45, 2.75) is 19.6 Å². The molecule has 0 aromatic heterocycles. The molecule has 1 aromatic rings. The summed E-state index contributed by atoms with van der Waals surface area (Å²) in [6.07, 6.45) is -0.564. The van der Waals surface area contributed by atoms with Gasteiger partial charge < -0.3 is 15.8 Å². The van der Waals surface area contributed by atoms with E-state index in [0.717, 1.165) is 5.56 Å². The van der Waals surface area contributed by atoms with E-state index in [9.17, 15) is 4.79 Å². The van der Waals surface area contributed by atoms with Crippen LogP contribution in [0.15, 0.2) is 24.3 Å². The zero-order valence-corrected chi connectivity index (χ0v) is 10.9. The Morgan fingerprint density at radius 2 is 2.00 bits per heavy atom. The van der Waals surface area contributed by atoms with E-state index in [1.165, 1.54) is 12.7 Å². The van der Waals surface area contributed by atoms with Crippen LogP contribution in [0, 0.1) is 6.92 Å². The Kier molecular flexibility index (Phi) is 7.54. The van der Waals surface area contributed by atoms with Gasteiger partial charge in [0.05, 0.1) is 0 Å². The van der Waals surface area contributed by atoms with Crippen molar-refractivity contribution in [2.24, 2.45) is 5.73 Å². The molecule has 1 unspecified atom stereocenters. The zero-order valence-electron chi connectivity index (χ0n) is 10.1. The number of rotatable bonds is 5. The maximum absolute atomic E-state index is 11.5. The van der Waals surface area contributed by atoms with Gasteiger partial charge >= 0.3 is 0 Å². The van der Waals surface area contributed by atoms with Gasteiger partial charge in [0, 0.05) is 20.2 Å². The Balaban J connectivity index is 0.00000256. The minimum Gasteiger partial charge on any atom is -0.370 e. The normalized spacial score (nSPS) is 11.5. The van der Waals surface area contributed by atoms with Gasteiger partial charge in [-0.1, -0.05) is 29.8 Å². The van der Waals surface area contributed by atoms with Crippen LogP contribution in [-0.2, 0) is 16.1 Å². The summed E-state index contributed by atoms with van der Waals surface area (Å²) in [5, 5.41) is 2.78. The highest BCUT2D eigenvalue weighted by Gasteiger charge is 2.14. The van der Waals surface area contributed by atoms with Crippen molar-refractivity contribution in [3.63, 3.8) is 0 Å². The number of aryl methyl sites for hydroxylation is 1. The number of benzene rings is 1. The summed E-state index contributed by atoms with van der Waals surface area (Å²) in [6.45, 7) is 2.72. The van der Waals surface area contributed by atoms with Crippen molar-refractivity contribution >= 4 is 18.3 Å². The van der Waals surface area contributed by atoms with Gasteiger partial charge in [-0.15, -0.1) is 12.4 Å². The van der Waals surface area contributed by atoms with Crippen molar-refractivity contribution in [1.29, 1.82) is 0 Å². The molecular formula is C12H19ClN2O2. The molecule has 0 radical (unpaired) electrons. The monoisotopic (exact) mass is 258 g/mol. The van der Waals surface area contributed by atoms with E-state index in [2.05, 4.69) is 5.32 Å². The molecular weight excluding hydrogens is 240 g/mol. The summed E-state index contributed by atoms with van der Waals surface area (Å²) in [4.78, 5) is 11.5. The van der Waals surface area contributed by atoms with Gasteiger partial charge in [0.2, 0.25) is 0 Å². The molecule has 0 fully saturated rings. The smallest absolute Gasteiger partial charge is 0.250 e. The number of hydrogen-bond acceptors (Lipinski definition) is 3. The van der Waals surface area contributed by atoms with E-state index >= 15 is 0 Å². The van der Waals surface area contributed by atoms with Crippen LogP contribution in [0.5, 0.6) is 0 Å². The Bertz CT molecular complexity index is 337. The topological polar surface area (TPSA) is 64.3 Å². The molecule has 1 amide bonds. The average Bonchev–Trinajstić information content (AvgIpc) is 2.30.